The summed E-state index contributed by atoms with van der Waals surface area (Å²) in [5.74, 6) is 0. The third-order valence-electron chi connectivity index (χ3n) is 1.41. The van der Waals surface area contributed by atoms with Gasteiger partial charge in [0.05, 0.1) is 11.7 Å². The Bertz CT molecular complexity index is 73.5. The van der Waals surface area contributed by atoms with Crippen LogP contribution in [0, 0.1) is 0 Å². The Morgan fingerprint density at radius 2 is 2.00 bits per heavy atom. The average molecular weight is 132 g/mol. The van der Waals surface area contributed by atoms with Crippen LogP contribution in [0.1, 0.15) is 27.7 Å². The highest BCUT2D eigenvalue weighted by atomic mass is 16.5. The van der Waals surface area contributed by atoms with E-state index in [-0.39, 0.29) is 6.10 Å². The monoisotopic (exact) mass is 132 g/mol. The molecule has 56 valence electrons. The van der Waals surface area contributed by atoms with E-state index < -0.39 is 5.60 Å². The van der Waals surface area contributed by atoms with Crippen molar-refractivity contribution >= 4 is 0 Å². The summed E-state index contributed by atoms with van der Waals surface area (Å²) in [6.07, 6.45) is -0.0810. The summed E-state index contributed by atoms with van der Waals surface area (Å²) in [5, 5.41) is 9.29. The van der Waals surface area contributed by atoms with Crippen LogP contribution < -0.4 is 0 Å². The van der Waals surface area contributed by atoms with Crippen molar-refractivity contribution in [1.29, 1.82) is 0 Å². The lowest BCUT2D eigenvalue weighted by Crippen LogP contribution is -2.35. The van der Waals surface area contributed by atoms with Crippen molar-refractivity contribution in [2.75, 3.05) is 6.61 Å². The fourth-order valence-electron chi connectivity index (χ4n) is 0.454. The van der Waals surface area contributed by atoms with Gasteiger partial charge in [-0.25, -0.2) is 0 Å². The van der Waals surface area contributed by atoms with E-state index in [1.165, 1.54) is 0 Å². The second kappa shape index (κ2) is 3.18. The molecule has 0 aliphatic heterocycles. The summed E-state index contributed by atoms with van der Waals surface area (Å²) in [6, 6.07) is 0. The Morgan fingerprint density at radius 3 is 2.11 bits per heavy atom. The normalized spacial score (nSPS) is 15.7. The summed E-state index contributed by atoms with van der Waals surface area (Å²) in [7, 11) is 0. The third-order valence-corrected chi connectivity index (χ3v) is 1.41. The molecular formula is C7H16O2. The van der Waals surface area contributed by atoms with Gasteiger partial charge in [-0.15, -0.1) is 0 Å². The van der Waals surface area contributed by atoms with Gasteiger partial charge in [0.25, 0.3) is 0 Å². The third kappa shape index (κ3) is 3.49. The maximum Gasteiger partial charge on any atom is 0.0849 e. The first-order chi connectivity index (χ1) is 3.98. The van der Waals surface area contributed by atoms with Crippen molar-refractivity contribution in [3.05, 3.63) is 0 Å². The van der Waals surface area contributed by atoms with Gasteiger partial charge in [0.2, 0.25) is 0 Å². The van der Waals surface area contributed by atoms with Gasteiger partial charge in [0.1, 0.15) is 0 Å². The number of rotatable bonds is 3. The number of hydrogen-bond acceptors (Lipinski definition) is 2. The van der Waals surface area contributed by atoms with Crippen LogP contribution in [-0.2, 0) is 4.74 Å². The first kappa shape index (κ1) is 8.92. The molecule has 0 aliphatic rings. The lowest BCUT2D eigenvalue weighted by Gasteiger charge is -2.25. The molecule has 2 heteroatoms. The van der Waals surface area contributed by atoms with Crippen LogP contribution in [0.2, 0.25) is 0 Å². The SMILES string of the molecule is CCOC(C)C(C)(C)O. The van der Waals surface area contributed by atoms with Crippen LogP contribution in [0.25, 0.3) is 0 Å². The van der Waals surface area contributed by atoms with Crippen LogP contribution in [0.15, 0.2) is 0 Å². The highest BCUT2D eigenvalue weighted by molar-refractivity contribution is 4.72. The molecule has 0 spiro atoms. The van der Waals surface area contributed by atoms with Crippen molar-refractivity contribution in [1.82, 2.24) is 0 Å². The zero-order valence-corrected chi connectivity index (χ0v) is 6.64. The first-order valence-corrected chi connectivity index (χ1v) is 3.32. The molecule has 0 bridgehead atoms. The van der Waals surface area contributed by atoms with Crippen LogP contribution in [0.3, 0.4) is 0 Å². The van der Waals surface area contributed by atoms with Crippen molar-refractivity contribution < 1.29 is 9.84 Å². The molecule has 0 aromatic heterocycles. The van der Waals surface area contributed by atoms with Crippen LogP contribution in [0.4, 0.5) is 0 Å². The van der Waals surface area contributed by atoms with Crippen molar-refractivity contribution in [3.8, 4) is 0 Å². The molecule has 0 heterocycles. The summed E-state index contributed by atoms with van der Waals surface area (Å²) in [6.45, 7) is 7.93. The molecule has 0 aromatic rings. The summed E-state index contributed by atoms with van der Waals surface area (Å²) < 4.78 is 5.16. The van der Waals surface area contributed by atoms with E-state index in [1.807, 2.05) is 13.8 Å². The average Bonchev–Trinajstić information content (AvgIpc) is 1.64. The fourth-order valence-corrected chi connectivity index (χ4v) is 0.454. The Labute approximate surface area is 56.8 Å². The van der Waals surface area contributed by atoms with Gasteiger partial charge in [0, 0.05) is 6.61 Å². The molecule has 0 amide bonds. The summed E-state index contributed by atoms with van der Waals surface area (Å²) in [4.78, 5) is 0. The Balaban J connectivity index is 3.59. The van der Waals surface area contributed by atoms with Crippen LogP contribution in [0.5, 0.6) is 0 Å². The van der Waals surface area contributed by atoms with Gasteiger partial charge in [-0.2, -0.15) is 0 Å². The number of aliphatic hydroxyl groups is 1. The molecule has 1 atom stereocenters. The maximum absolute atomic E-state index is 9.29. The minimum absolute atomic E-state index is 0.0810. The van der Waals surface area contributed by atoms with E-state index in [1.54, 1.807) is 13.8 Å². The molecule has 2 nitrogen and oxygen atoms in total. The van der Waals surface area contributed by atoms with E-state index in [4.69, 9.17) is 4.74 Å². The molecule has 0 rings (SSSR count). The van der Waals surface area contributed by atoms with E-state index in [9.17, 15) is 5.11 Å². The van der Waals surface area contributed by atoms with Gasteiger partial charge in [-0.05, 0) is 27.7 Å². The Kier molecular flexibility index (Phi) is 3.15. The minimum Gasteiger partial charge on any atom is -0.388 e. The molecule has 0 fully saturated rings. The second-order valence-corrected chi connectivity index (χ2v) is 2.75. The lowest BCUT2D eigenvalue weighted by atomic mass is 10.0. The molecule has 0 saturated carbocycles. The Hall–Kier alpha value is -0.0800. The number of hydrogen-bond donors (Lipinski definition) is 1. The zero-order valence-electron chi connectivity index (χ0n) is 6.64. The predicted octanol–water partition coefficient (Wildman–Crippen LogP) is 1.18. The quantitative estimate of drug-likeness (QED) is 0.625. The topological polar surface area (TPSA) is 29.5 Å². The lowest BCUT2D eigenvalue weighted by molar-refractivity contribution is -0.0748. The van der Waals surface area contributed by atoms with Gasteiger partial charge in [-0.3, -0.25) is 0 Å². The van der Waals surface area contributed by atoms with E-state index in [0.29, 0.717) is 6.61 Å². The van der Waals surface area contributed by atoms with Gasteiger partial charge in [0.15, 0.2) is 0 Å². The predicted molar refractivity (Wildman–Crippen MR) is 37.4 cm³/mol. The summed E-state index contributed by atoms with van der Waals surface area (Å²) >= 11 is 0. The standard InChI is InChI=1S/C7H16O2/c1-5-9-6(2)7(3,4)8/h6,8H,5H2,1-4H3. The van der Waals surface area contributed by atoms with Crippen molar-refractivity contribution in [2.24, 2.45) is 0 Å². The van der Waals surface area contributed by atoms with Gasteiger partial charge < -0.3 is 9.84 Å². The zero-order chi connectivity index (χ0) is 7.49. The van der Waals surface area contributed by atoms with E-state index >= 15 is 0 Å². The second-order valence-electron chi connectivity index (χ2n) is 2.75. The maximum atomic E-state index is 9.29. The molecule has 1 N–H and O–H groups in total. The molecule has 9 heavy (non-hydrogen) atoms. The van der Waals surface area contributed by atoms with E-state index in [0.717, 1.165) is 0 Å². The first-order valence-electron chi connectivity index (χ1n) is 3.32. The van der Waals surface area contributed by atoms with Crippen LogP contribution in [-0.4, -0.2) is 23.4 Å². The molecule has 0 aromatic carbocycles. The molecule has 1 unspecified atom stereocenters. The van der Waals surface area contributed by atoms with Gasteiger partial charge in [-0.1, -0.05) is 0 Å². The van der Waals surface area contributed by atoms with Crippen molar-refractivity contribution in [3.63, 3.8) is 0 Å². The van der Waals surface area contributed by atoms with Gasteiger partial charge >= 0.3 is 0 Å². The number of ether oxygens (including phenoxy) is 1. The smallest absolute Gasteiger partial charge is 0.0849 e. The highest BCUT2D eigenvalue weighted by Gasteiger charge is 2.21. The van der Waals surface area contributed by atoms with Crippen LogP contribution >= 0.6 is 0 Å². The molecule has 0 radical (unpaired) electrons. The fraction of sp³-hybridized carbons (Fsp3) is 1.00. The van der Waals surface area contributed by atoms with E-state index in [2.05, 4.69) is 0 Å². The van der Waals surface area contributed by atoms with Crippen molar-refractivity contribution in [2.45, 2.75) is 39.4 Å². The highest BCUT2D eigenvalue weighted by Crippen LogP contribution is 2.10. The molecule has 0 saturated heterocycles. The largest absolute Gasteiger partial charge is 0.388 e. The molecule has 0 aliphatic carbocycles. The summed E-state index contributed by atoms with van der Waals surface area (Å²) in [5.41, 5.74) is -0.712. The molecular weight excluding hydrogens is 116 g/mol. The Morgan fingerprint density at radius 1 is 1.56 bits per heavy atom. The minimum atomic E-state index is -0.712.